The molecule has 0 aliphatic rings. The Kier molecular flexibility index (Phi) is 7.45. The molecule has 3 nitrogen and oxygen atoms in total. The molecule has 0 radical (unpaired) electrons. The fourth-order valence-corrected chi connectivity index (χ4v) is 3.81. The van der Waals surface area contributed by atoms with Crippen molar-refractivity contribution >= 4 is 9.84 Å². The Morgan fingerprint density at radius 2 is 1.72 bits per heavy atom. The second-order valence-corrected chi connectivity index (χ2v) is 8.90. The van der Waals surface area contributed by atoms with E-state index in [9.17, 15) is 8.42 Å². The lowest BCUT2D eigenvalue weighted by molar-refractivity contribution is 0.288. The van der Waals surface area contributed by atoms with Gasteiger partial charge in [0.2, 0.25) is 0 Å². The van der Waals surface area contributed by atoms with Crippen LogP contribution in [0.2, 0.25) is 0 Å². The van der Waals surface area contributed by atoms with Crippen molar-refractivity contribution in [3.05, 3.63) is 0 Å². The number of hydrogen-bond acceptors (Lipinski definition) is 3. The minimum absolute atomic E-state index is 0.0277. The van der Waals surface area contributed by atoms with Crippen LogP contribution in [0.1, 0.15) is 54.4 Å². The molecular weight excluding hydrogens is 246 g/mol. The molecule has 4 heteroatoms. The van der Waals surface area contributed by atoms with E-state index in [1.165, 1.54) is 0 Å². The second-order valence-electron chi connectivity index (χ2n) is 6.67. The van der Waals surface area contributed by atoms with Crippen LogP contribution >= 0.6 is 0 Å². The SMILES string of the molecule is CCCNC(CS(=O)(=O)CCC(C)C)C(C)(C)C. The van der Waals surface area contributed by atoms with E-state index in [2.05, 4.69) is 46.9 Å². The van der Waals surface area contributed by atoms with Crippen LogP contribution in [0.3, 0.4) is 0 Å². The molecule has 1 N–H and O–H groups in total. The molecule has 0 saturated carbocycles. The van der Waals surface area contributed by atoms with E-state index in [0.717, 1.165) is 19.4 Å². The van der Waals surface area contributed by atoms with Crippen LogP contribution < -0.4 is 5.32 Å². The summed E-state index contributed by atoms with van der Waals surface area (Å²) in [4.78, 5) is 0. The third kappa shape index (κ3) is 8.09. The molecule has 0 fully saturated rings. The highest BCUT2D eigenvalue weighted by atomic mass is 32.2. The summed E-state index contributed by atoms with van der Waals surface area (Å²) >= 11 is 0. The third-order valence-corrected chi connectivity index (χ3v) is 4.81. The largest absolute Gasteiger partial charge is 0.312 e. The quantitative estimate of drug-likeness (QED) is 0.742. The summed E-state index contributed by atoms with van der Waals surface area (Å²) in [5.74, 6) is 1.00. The lowest BCUT2D eigenvalue weighted by Gasteiger charge is -2.31. The van der Waals surface area contributed by atoms with Crippen LogP contribution in [-0.4, -0.2) is 32.5 Å². The maximum atomic E-state index is 12.1. The van der Waals surface area contributed by atoms with E-state index >= 15 is 0 Å². The topological polar surface area (TPSA) is 46.2 Å². The lowest BCUT2D eigenvalue weighted by Crippen LogP contribution is -2.46. The molecule has 0 aromatic heterocycles. The van der Waals surface area contributed by atoms with Crippen LogP contribution in [0.25, 0.3) is 0 Å². The average Bonchev–Trinajstić information content (AvgIpc) is 2.20. The van der Waals surface area contributed by atoms with Crippen molar-refractivity contribution < 1.29 is 8.42 Å². The minimum Gasteiger partial charge on any atom is -0.312 e. The van der Waals surface area contributed by atoms with Crippen LogP contribution in [0.4, 0.5) is 0 Å². The standard InChI is InChI=1S/C14H31NO2S/c1-7-9-15-13(14(4,5)6)11-18(16,17)10-8-12(2)3/h12-13,15H,7-11H2,1-6H3. The second kappa shape index (κ2) is 7.49. The zero-order valence-corrected chi connectivity index (χ0v) is 13.7. The summed E-state index contributed by atoms with van der Waals surface area (Å²) < 4.78 is 24.2. The molecule has 0 amide bonds. The fraction of sp³-hybridized carbons (Fsp3) is 1.00. The minimum atomic E-state index is -2.95. The molecule has 1 atom stereocenters. The van der Waals surface area contributed by atoms with Gasteiger partial charge >= 0.3 is 0 Å². The molecule has 0 aromatic carbocycles. The average molecular weight is 277 g/mol. The van der Waals surface area contributed by atoms with Gasteiger partial charge in [-0.1, -0.05) is 41.5 Å². The van der Waals surface area contributed by atoms with Gasteiger partial charge in [0, 0.05) is 6.04 Å². The molecule has 0 spiro atoms. The first-order chi connectivity index (χ1) is 8.08. The first kappa shape index (κ1) is 17.9. The van der Waals surface area contributed by atoms with E-state index in [-0.39, 0.29) is 17.2 Å². The predicted octanol–water partition coefficient (Wildman–Crippen LogP) is 2.86. The van der Waals surface area contributed by atoms with Crippen molar-refractivity contribution in [2.75, 3.05) is 18.1 Å². The zero-order chi connectivity index (χ0) is 14.4. The molecular formula is C14H31NO2S. The molecule has 0 aromatic rings. The van der Waals surface area contributed by atoms with Gasteiger partial charge in [-0.3, -0.25) is 0 Å². The van der Waals surface area contributed by atoms with Crippen LogP contribution in [0.15, 0.2) is 0 Å². The van der Waals surface area contributed by atoms with Gasteiger partial charge < -0.3 is 5.32 Å². The Labute approximate surface area is 114 Å². The normalized spacial score (nSPS) is 15.1. The Balaban J connectivity index is 4.56. The maximum absolute atomic E-state index is 12.1. The first-order valence-electron chi connectivity index (χ1n) is 7.02. The summed E-state index contributed by atoms with van der Waals surface area (Å²) in [7, 11) is -2.95. The monoisotopic (exact) mass is 277 g/mol. The van der Waals surface area contributed by atoms with E-state index in [1.807, 2.05) is 0 Å². The van der Waals surface area contributed by atoms with Gasteiger partial charge in [-0.25, -0.2) is 8.42 Å². The Bertz CT molecular complexity index is 315. The van der Waals surface area contributed by atoms with Gasteiger partial charge in [-0.15, -0.1) is 0 Å². The number of rotatable bonds is 8. The van der Waals surface area contributed by atoms with Crippen molar-refractivity contribution in [3.63, 3.8) is 0 Å². The molecule has 0 bridgehead atoms. The molecule has 0 heterocycles. The summed E-state index contributed by atoms with van der Waals surface area (Å²) in [6.07, 6.45) is 1.78. The summed E-state index contributed by atoms with van der Waals surface area (Å²) in [6.45, 7) is 13.4. The van der Waals surface area contributed by atoms with Crippen molar-refractivity contribution in [2.24, 2.45) is 11.3 Å². The predicted molar refractivity (Wildman–Crippen MR) is 79.6 cm³/mol. The van der Waals surface area contributed by atoms with Gasteiger partial charge in [-0.2, -0.15) is 0 Å². The Morgan fingerprint density at radius 3 is 2.11 bits per heavy atom. The zero-order valence-electron chi connectivity index (χ0n) is 12.9. The molecule has 110 valence electrons. The number of hydrogen-bond donors (Lipinski definition) is 1. The summed E-state index contributed by atoms with van der Waals surface area (Å²) in [5.41, 5.74) is -0.0277. The van der Waals surface area contributed by atoms with Crippen molar-refractivity contribution in [3.8, 4) is 0 Å². The molecule has 0 aliphatic carbocycles. The number of nitrogens with one attached hydrogen (secondary N) is 1. The summed E-state index contributed by atoms with van der Waals surface area (Å²) in [5, 5.41) is 3.37. The van der Waals surface area contributed by atoms with Crippen molar-refractivity contribution in [1.29, 1.82) is 0 Å². The first-order valence-corrected chi connectivity index (χ1v) is 8.84. The Hall–Kier alpha value is -0.0900. The van der Waals surface area contributed by atoms with E-state index < -0.39 is 9.84 Å². The van der Waals surface area contributed by atoms with Crippen LogP contribution in [-0.2, 0) is 9.84 Å². The van der Waals surface area contributed by atoms with Crippen molar-refractivity contribution in [2.45, 2.75) is 60.4 Å². The summed E-state index contributed by atoms with van der Waals surface area (Å²) in [6, 6.07) is 0.0367. The molecule has 1 unspecified atom stereocenters. The number of sulfone groups is 1. The highest BCUT2D eigenvalue weighted by molar-refractivity contribution is 7.91. The third-order valence-electron chi connectivity index (χ3n) is 3.11. The van der Waals surface area contributed by atoms with Gasteiger partial charge in [0.1, 0.15) is 0 Å². The molecule has 0 aliphatic heterocycles. The van der Waals surface area contributed by atoms with Crippen LogP contribution in [0, 0.1) is 11.3 Å². The highest BCUT2D eigenvalue weighted by Crippen LogP contribution is 2.21. The Morgan fingerprint density at radius 1 is 1.17 bits per heavy atom. The van der Waals surface area contributed by atoms with E-state index in [4.69, 9.17) is 0 Å². The highest BCUT2D eigenvalue weighted by Gasteiger charge is 2.28. The fourth-order valence-electron chi connectivity index (χ4n) is 1.69. The van der Waals surface area contributed by atoms with E-state index in [0.29, 0.717) is 11.7 Å². The molecule has 0 saturated heterocycles. The van der Waals surface area contributed by atoms with Crippen LogP contribution in [0.5, 0.6) is 0 Å². The molecule has 18 heavy (non-hydrogen) atoms. The lowest BCUT2D eigenvalue weighted by atomic mass is 9.88. The molecule has 0 rings (SSSR count). The van der Waals surface area contributed by atoms with Crippen molar-refractivity contribution in [1.82, 2.24) is 5.32 Å². The maximum Gasteiger partial charge on any atom is 0.151 e. The van der Waals surface area contributed by atoms with Gasteiger partial charge in [0.15, 0.2) is 9.84 Å². The van der Waals surface area contributed by atoms with E-state index in [1.54, 1.807) is 0 Å². The van der Waals surface area contributed by atoms with Gasteiger partial charge in [0.05, 0.1) is 11.5 Å². The van der Waals surface area contributed by atoms with Gasteiger partial charge in [0.25, 0.3) is 0 Å². The van der Waals surface area contributed by atoms with Gasteiger partial charge in [-0.05, 0) is 30.7 Å². The smallest absolute Gasteiger partial charge is 0.151 e.